The van der Waals surface area contributed by atoms with Crippen molar-refractivity contribution in [3.63, 3.8) is 0 Å². The maximum atomic E-state index is 13.6. The van der Waals surface area contributed by atoms with Crippen LogP contribution in [0.3, 0.4) is 0 Å². The van der Waals surface area contributed by atoms with E-state index >= 15 is 0 Å². The SMILES string of the molecule is CCNC(=O)[C@H](Cc1ccccc1)N(Cc1ccccc1)C(=O)COc1ccc2ccccc2c1Br. The Kier molecular flexibility index (Phi) is 8.74. The lowest BCUT2D eigenvalue weighted by molar-refractivity contribution is -0.142. The van der Waals surface area contributed by atoms with Crippen molar-refractivity contribution in [2.45, 2.75) is 25.9 Å². The molecule has 4 rings (SSSR count). The van der Waals surface area contributed by atoms with Gasteiger partial charge in [-0.2, -0.15) is 0 Å². The fourth-order valence-corrected chi connectivity index (χ4v) is 4.78. The van der Waals surface area contributed by atoms with E-state index in [4.69, 9.17) is 4.74 Å². The van der Waals surface area contributed by atoms with Gasteiger partial charge in [0.2, 0.25) is 5.91 Å². The van der Waals surface area contributed by atoms with Crippen molar-refractivity contribution >= 4 is 38.5 Å². The fraction of sp³-hybridized carbons (Fsp3) is 0.200. The number of nitrogens with zero attached hydrogens (tertiary/aromatic N) is 1. The summed E-state index contributed by atoms with van der Waals surface area (Å²) in [6.45, 7) is 2.48. The third kappa shape index (κ3) is 6.32. The first-order valence-electron chi connectivity index (χ1n) is 12.0. The van der Waals surface area contributed by atoms with E-state index in [1.54, 1.807) is 4.90 Å². The highest BCUT2D eigenvalue weighted by molar-refractivity contribution is 9.10. The lowest BCUT2D eigenvalue weighted by Crippen LogP contribution is -2.51. The van der Waals surface area contributed by atoms with E-state index in [0.29, 0.717) is 25.3 Å². The van der Waals surface area contributed by atoms with Crippen molar-refractivity contribution in [2.75, 3.05) is 13.2 Å². The molecule has 0 saturated carbocycles. The van der Waals surface area contributed by atoms with Gasteiger partial charge >= 0.3 is 0 Å². The number of likely N-dealkylation sites (N-methyl/N-ethyl adjacent to an activating group) is 1. The minimum absolute atomic E-state index is 0.183. The van der Waals surface area contributed by atoms with Gasteiger partial charge in [-0.25, -0.2) is 0 Å². The van der Waals surface area contributed by atoms with Gasteiger partial charge in [-0.3, -0.25) is 9.59 Å². The minimum atomic E-state index is -0.677. The summed E-state index contributed by atoms with van der Waals surface area (Å²) in [6, 6.07) is 30.6. The summed E-state index contributed by atoms with van der Waals surface area (Å²) in [4.78, 5) is 28.5. The number of hydrogen-bond donors (Lipinski definition) is 1. The number of rotatable bonds is 10. The number of ether oxygens (including phenoxy) is 1. The Morgan fingerprint density at radius 3 is 2.19 bits per heavy atom. The molecular weight excluding hydrogens is 516 g/mol. The van der Waals surface area contributed by atoms with E-state index in [2.05, 4.69) is 21.2 Å². The number of carbonyl (C=O) groups excluding carboxylic acids is 2. The summed E-state index contributed by atoms with van der Waals surface area (Å²) < 4.78 is 6.79. The van der Waals surface area contributed by atoms with Crippen molar-refractivity contribution in [2.24, 2.45) is 0 Å². The second-order valence-electron chi connectivity index (χ2n) is 8.49. The molecule has 4 aromatic carbocycles. The fourth-order valence-electron chi connectivity index (χ4n) is 4.17. The second-order valence-corrected chi connectivity index (χ2v) is 9.29. The summed E-state index contributed by atoms with van der Waals surface area (Å²) in [6.07, 6.45) is 0.408. The lowest BCUT2D eigenvalue weighted by Gasteiger charge is -2.31. The van der Waals surface area contributed by atoms with Crippen LogP contribution < -0.4 is 10.1 Å². The molecule has 0 fully saturated rings. The Bertz CT molecular complexity index is 1310. The van der Waals surface area contributed by atoms with Crippen LogP contribution in [0, 0.1) is 0 Å². The van der Waals surface area contributed by atoms with Gasteiger partial charge < -0.3 is 15.0 Å². The molecule has 1 N–H and O–H groups in total. The van der Waals surface area contributed by atoms with Crippen LogP contribution in [0.4, 0.5) is 0 Å². The monoisotopic (exact) mass is 544 g/mol. The maximum Gasteiger partial charge on any atom is 0.261 e. The van der Waals surface area contributed by atoms with Gasteiger partial charge in [-0.05, 0) is 50.8 Å². The third-order valence-corrected chi connectivity index (χ3v) is 6.81. The maximum absolute atomic E-state index is 13.6. The van der Waals surface area contributed by atoms with Crippen LogP contribution >= 0.6 is 15.9 Å². The van der Waals surface area contributed by atoms with Gasteiger partial charge in [-0.15, -0.1) is 0 Å². The minimum Gasteiger partial charge on any atom is -0.483 e. The summed E-state index contributed by atoms with van der Waals surface area (Å²) in [5.74, 6) is 0.142. The van der Waals surface area contributed by atoms with Crippen molar-refractivity contribution < 1.29 is 14.3 Å². The first kappa shape index (κ1) is 25.5. The number of fused-ring (bicyclic) bond motifs is 1. The molecule has 4 aromatic rings. The molecule has 0 unspecified atom stereocenters. The van der Waals surface area contributed by atoms with Gasteiger partial charge in [0, 0.05) is 19.5 Å². The van der Waals surface area contributed by atoms with Crippen molar-refractivity contribution in [3.8, 4) is 5.75 Å². The number of amides is 2. The van der Waals surface area contributed by atoms with E-state index in [1.807, 2.05) is 104 Å². The van der Waals surface area contributed by atoms with E-state index in [0.717, 1.165) is 26.4 Å². The standard InChI is InChI=1S/C30H29BrN2O3/c1-2-32-30(35)26(19-22-11-5-3-6-12-22)33(20-23-13-7-4-8-14-23)28(34)21-36-27-18-17-24-15-9-10-16-25(24)29(27)31/h3-18,26H,2,19-21H2,1H3,(H,32,35)/t26-/m0/s1. The van der Waals surface area contributed by atoms with Gasteiger partial charge in [0.1, 0.15) is 11.8 Å². The van der Waals surface area contributed by atoms with E-state index < -0.39 is 6.04 Å². The van der Waals surface area contributed by atoms with Gasteiger partial charge in [-0.1, -0.05) is 91.0 Å². The zero-order valence-electron chi connectivity index (χ0n) is 20.2. The molecule has 36 heavy (non-hydrogen) atoms. The summed E-state index contributed by atoms with van der Waals surface area (Å²) in [7, 11) is 0. The number of carbonyl (C=O) groups is 2. The number of benzene rings is 4. The Balaban J connectivity index is 1.61. The largest absolute Gasteiger partial charge is 0.483 e. The van der Waals surface area contributed by atoms with Crippen molar-refractivity contribution in [1.82, 2.24) is 10.2 Å². The van der Waals surface area contributed by atoms with Crippen LogP contribution in [-0.2, 0) is 22.6 Å². The van der Waals surface area contributed by atoms with Gasteiger partial charge in [0.15, 0.2) is 6.61 Å². The molecule has 0 bridgehead atoms. The summed E-state index contributed by atoms with van der Waals surface area (Å²) >= 11 is 3.63. The Hall–Kier alpha value is -3.64. The number of nitrogens with one attached hydrogen (secondary N) is 1. The first-order valence-corrected chi connectivity index (χ1v) is 12.8. The van der Waals surface area contributed by atoms with E-state index in [1.165, 1.54) is 0 Å². The zero-order chi connectivity index (χ0) is 25.3. The molecule has 0 saturated heterocycles. The number of hydrogen-bond acceptors (Lipinski definition) is 3. The Morgan fingerprint density at radius 1 is 0.861 bits per heavy atom. The highest BCUT2D eigenvalue weighted by Gasteiger charge is 2.30. The average Bonchev–Trinajstić information content (AvgIpc) is 2.91. The Labute approximate surface area is 220 Å². The highest BCUT2D eigenvalue weighted by atomic mass is 79.9. The molecule has 0 aromatic heterocycles. The average molecular weight is 545 g/mol. The smallest absolute Gasteiger partial charge is 0.261 e. The molecule has 1 atom stereocenters. The zero-order valence-corrected chi connectivity index (χ0v) is 21.8. The molecule has 0 spiro atoms. The molecule has 0 radical (unpaired) electrons. The van der Waals surface area contributed by atoms with Crippen molar-refractivity contribution in [1.29, 1.82) is 0 Å². The summed E-state index contributed by atoms with van der Waals surface area (Å²) in [5.41, 5.74) is 1.93. The lowest BCUT2D eigenvalue weighted by atomic mass is 10.0. The van der Waals surface area contributed by atoms with Crippen LogP contribution in [0.15, 0.2) is 102 Å². The molecule has 0 aliphatic rings. The molecule has 2 amide bonds. The second kappa shape index (κ2) is 12.4. The molecule has 0 aliphatic heterocycles. The van der Waals surface area contributed by atoms with E-state index in [9.17, 15) is 9.59 Å². The first-order chi connectivity index (χ1) is 17.6. The molecule has 6 heteroatoms. The van der Waals surface area contributed by atoms with Crippen LogP contribution in [0.2, 0.25) is 0 Å². The highest BCUT2D eigenvalue weighted by Crippen LogP contribution is 2.33. The van der Waals surface area contributed by atoms with E-state index in [-0.39, 0.29) is 18.4 Å². The molecule has 5 nitrogen and oxygen atoms in total. The predicted octanol–water partition coefficient (Wildman–Crippen LogP) is 5.76. The molecule has 0 heterocycles. The molecule has 0 aliphatic carbocycles. The van der Waals surface area contributed by atoms with Gasteiger partial charge in [0.25, 0.3) is 5.91 Å². The van der Waals surface area contributed by atoms with Crippen molar-refractivity contribution in [3.05, 3.63) is 113 Å². The quantitative estimate of drug-likeness (QED) is 0.276. The Morgan fingerprint density at radius 2 is 1.50 bits per heavy atom. The molecule has 184 valence electrons. The topological polar surface area (TPSA) is 58.6 Å². The van der Waals surface area contributed by atoms with Crippen LogP contribution in [0.5, 0.6) is 5.75 Å². The van der Waals surface area contributed by atoms with Crippen LogP contribution in [0.1, 0.15) is 18.1 Å². The summed E-state index contributed by atoms with van der Waals surface area (Å²) in [5, 5.41) is 4.99. The van der Waals surface area contributed by atoms with Gasteiger partial charge in [0.05, 0.1) is 4.47 Å². The van der Waals surface area contributed by atoms with Crippen LogP contribution in [-0.4, -0.2) is 35.9 Å². The van der Waals surface area contributed by atoms with Crippen LogP contribution in [0.25, 0.3) is 10.8 Å². The molecular formula is C30H29BrN2O3. The third-order valence-electron chi connectivity index (χ3n) is 6.00. The normalized spacial score (nSPS) is 11.6. The number of halogens is 1. The predicted molar refractivity (Wildman–Crippen MR) is 147 cm³/mol.